The Morgan fingerprint density at radius 2 is 0.922 bits per heavy atom. The van der Waals surface area contributed by atoms with Crippen LogP contribution in [0.15, 0.2) is 170 Å². The van der Waals surface area contributed by atoms with Gasteiger partial charge in [0.25, 0.3) is 0 Å². The minimum Gasteiger partial charge on any atom is -0.208 e. The molecule has 0 bridgehead atoms. The van der Waals surface area contributed by atoms with E-state index in [0.717, 1.165) is 27.8 Å². The standard InChI is InChI=1S/C46H28N4S/c47-29-30-10-7-15-35(26-30)36-16-8-17-37(27-36)45-48-44(34-13-5-2-6-14-34)49-46(50-45)38-24-25-40-42(28-38)51-41-19-9-18-39(43(40)41)33-22-20-32(21-23-33)31-11-3-1-4-12-31/h1-28H. The lowest BCUT2D eigenvalue weighted by Crippen LogP contribution is -2.00. The maximum atomic E-state index is 9.46. The second kappa shape index (κ2) is 12.9. The van der Waals surface area contributed by atoms with Gasteiger partial charge in [-0.05, 0) is 63.7 Å². The van der Waals surface area contributed by atoms with Gasteiger partial charge in [-0.15, -0.1) is 11.3 Å². The van der Waals surface area contributed by atoms with E-state index < -0.39 is 0 Å². The van der Waals surface area contributed by atoms with Crippen molar-refractivity contribution in [2.45, 2.75) is 0 Å². The van der Waals surface area contributed by atoms with Crippen LogP contribution in [-0.2, 0) is 0 Å². The summed E-state index contributed by atoms with van der Waals surface area (Å²) >= 11 is 1.79. The first kappa shape index (κ1) is 30.3. The summed E-state index contributed by atoms with van der Waals surface area (Å²) in [6.45, 7) is 0. The fourth-order valence-electron chi connectivity index (χ4n) is 6.63. The lowest BCUT2D eigenvalue weighted by atomic mass is 9.97. The second-order valence-corrected chi connectivity index (χ2v) is 13.5. The van der Waals surface area contributed by atoms with Gasteiger partial charge < -0.3 is 0 Å². The molecule has 2 heterocycles. The Hall–Kier alpha value is -6.74. The van der Waals surface area contributed by atoms with E-state index in [1.807, 2.05) is 78.9 Å². The monoisotopic (exact) mass is 668 g/mol. The first-order chi connectivity index (χ1) is 25.2. The molecule has 0 fully saturated rings. The normalized spacial score (nSPS) is 11.1. The Labute approximate surface area is 299 Å². The third-order valence-electron chi connectivity index (χ3n) is 9.17. The van der Waals surface area contributed by atoms with Crippen LogP contribution in [0.3, 0.4) is 0 Å². The van der Waals surface area contributed by atoms with Gasteiger partial charge in [0, 0.05) is 36.9 Å². The van der Waals surface area contributed by atoms with Crippen LogP contribution in [0, 0.1) is 11.3 Å². The quantitative estimate of drug-likeness (QED) is 0.177. The number of hydrogen-bond acceptors (Lipinski definition) is 5. The molecule has 0 saturated carbocycles. The Morgan fingerprint density at radius 3 is 1.65 bits per heavy atom. The number of aromatic nitrogens is 3. The van der Waals surface area contributed by atoms with Gasteiger partial charge in [0.15, 0.2) is 17.5 Å². The van der Waals surface area contributed by atoms with Gasteiger partial charge in [-0.3, -0.25) is 0 Å². The fourth-order valence-corrected chi connectivity index (χ4v) is 7.81. The van der Waals surface area contributed by atoms with Gasteiger partial charge in [-0.1, -0.05) is 140 Å². The van der Waals surface area contributed by atoms with E-state index in [9.17, 15) is 5.26 Å². The van der Waals surface area contributed by atoms with Crippen LogP contribution >= 0.6 is 11.3 Å². The van der Waals surface area contributed by atoms with Gasteiger partial charge in [0.05, 0.1) is 11.6 Å². The van der Waals surface area contributed by atoms with Crippen LogP contribution in [0.1, 0.15) is 5.56 Å². The molecule has 0 aliphatic rings. The average Bonchev–Trinajstić information content (AvgIpc) is 3.60. The molecule has 0 aliphatic carbocycles. The molecule has 0 N–H and O–H groups in total. The minimum absolute atomic E-state index is 0.592. The highest BCUT2D eigenvalue weighted by molar-refractivity contribution is 7.26. The van der Waals surface area contributed by atoms with Crippen molar-refractivity contribution in [3.05, 3.63) is 175 Å². The van der Waals surface area contributed by atoms with E-state index in [4.69, 9.17) is 15.0 Å². The summed E-state index contributed by atoms with van der Waals surface area (Å²) in [4.78, 5) is 15.0. The summed E-state index contributed by atoms with van der Waals surface area (Å²) in [5.74, 6) is 1.83. The van der Waals surface area contributed by atoms with E-state index in [0.29, 0.717) is 23.0 Å². The van der Waals surface area contributed by atoms with Gasteiger partial charge in [0.2, 0.25) is 0 Å². The zero-order valence-electron chi connectivity index (χ0n) is 27.4. The van der Waals surface area contributed by atoms with Crippen LogP contribution in [0.4, 0.5) is 0 Å². The number of hydrogen-bond donors (Lipinski definition) is 0. The number of rotatable bonds is 6. The SMILES string of the molecule is N#Cc1cccc(-c2cccc(-c3nc(-c4ccccc4)nc(-c4ccc5c(c4)sc4cccc(-c6ccc(-c7ccccc7)cc6)c45)n3)c2)c1. The molecule has 0 amide bonds. The molecule has 9 rings (SSSR count). The van der Waals surface area contributed by atoms with Gasteiger partial charge in [0.1, 0.15) is 0 Å². The van der Waals surface area contributed by atoms with Gasteiger partial charge >= 0.3 is 0 Å². The molecule has 4 nitrogen and oxygen atoms in total. The molecule has 0 radical (unpaired) electrons. The van der Waals surface area contributed by atoms with Gasteiger partial charge in [-0.25, -0.2) is 15.0 Å². The summed E-state index contributed by atoms with van der Waals surface area (Å²) in [5.41, 5.74) is 10.1. The molecule has 9 aromatic rings. The summed E-state index contributed by atoms with van der Waals surface area (Å²) in [6.07, 6.45) is 0. The predicted molar refractivity (Wildman–Crippen MR) is 210 cm³/mol. The van der Waals surface area contributed by atoms with Crippen molar-refractivity contribution < 1.29 is 0 Å². The van der Waals surface area contributed by atoms with E-state index >= 15 is 0 Å². The molecule has 5 heteroatoms. The van der Waals surface area contributed by atoms with Crippen molar-refractivity contribution in [3.63, 3.8) is 0 Å². The summed E-state index contributed by atoms with van der Waals surface area (Å²) in [6, 6.07) is 60.5. The maximum Gasteiger partial charge on any atom is 0.164 e. The molecule has 7 aromatic carbocycles. The van der Waals surface area contributed by atoms with Crippen LogP contribution < -0.4 is 0 Å². The average molecular weight is 669 g/mol. The Kier molecular flexibility index (Phi) is 7.70. The Morgan fingerprint density at radius 1 is 0.392 bits per heavy atom. The molecule has 0 atom stereocenters. The lowest BCUT2D eigenvalue weighted by molar-refractivity contribution is 1.07. The van der Waals surface area contributed by atoms with Crippen molar-refractivity contribution in [1.82, 2.24) is 15.0 Å². The van der Waals surface area contributed by atoms with E-state index in [1.54, 1.807) is 11.3 Å². The zero-order valence-corrected chi connectivity index (χ0v) is 28.2. The van der Waals surface area contributed by atoms with Crippen LogP contribution in [-0.4, -0.2) is 15.0 Å². The highest BCUT2D eigenvalue weighted by Crippen LogP contribution is 2.42. The maximum absolute atomic E-state index is 9.46. The van der Waals surface area contributed by atoms with Crippen molar-refractivity contribution >= 4 is 31.5 Å². The molecule has 0 unspecified atom stereocenters. The third kappa shape index (κ3) is 5.84. The first-order valence-electron chi connectivity index (χ1n) is 16.7. The number of nitrogens with zero attached hydrogens (tertiary/aromatic N) is 4. The van der Waals surface area contributed by atoms with Crippen molar-refractivity contribution in [2.75, 3.05) is 0 Å². The minimum atomic E-state index is 0.592. The van der Waals surface area contributed by atoms with Gasteiger partial charge in [-0.2, -0.15) is 5.26 Å². The van der Waals surface area contributed by atoms with Crippen molar-refractivity contribution in [2.24, 2.45) is 0 Å². The van der Waals surface area contributed by atoms with Crippen LogP contribution in [0.5, 0.6) is 0 Å². The van der Waals surface area contributed by atoms with Crippen LogP contribution in [0.2, 0.25) is 0 Å². The lowest BCUT2D eigenvalue weighted by Gasteiger charge is -2.10. The van der Waals surface area contributed by atoms with Crippen LogP contribution in [0.25, 0.3) is 87.7 Å². The first-order valence-corrected chi connectivity index (χ1v) is 17.6. The Balaban J connectivity index is 1.14. The zero-order chi connectivity index (χ0) is 34.1. The summed E-state index contributed by atoms with van der Waals surface area (Å²) in [7, 11) is 0. The highest BCUT2D eigenvalue weighted by atomic mass is 32.1. The number of thiophene rings is 1. The van der Waals surface area contributed by atoms with E-state index in [1.165, 1.54) is 42.4 Å². The molecular formula is C46H28N4S. The third-order valence-corrected chi connectivity index (χ3v) is 10.3. The molecule has 2 aromatic heterocycles. The molecule has 0 spiro atoms. The molecule has 238 valence electrons. The van der Waals surface area contributed by atoms with E-state index in [2.05, 4.69) is 97.1 Å². The number of fused-ring (bicyclic) bond motifs is 3. The summed E-state index contributed by atoms with van der Waals surface area (Å²) in [5, 5.41) is 11.9. The van der Waals surface area contributed by atoms with E-state index in [-0.39, 0.29) is 0 Å². The molecule has 0 saturated heterocycles. The highest BCUT2D eigenvalue weighted by Gasteiger charge is 2.16. The molecule has 51 heavy (non-hydrogen) atoms. The predicted octanol–water partition coefficient (Wildman–Crippen LogP) is 12.1. The van der Waals surface area contributed by atoms with Crippen molar-refractivity contribution in [3.8, 4) is 73.6 Å². The largest absolute Gasteiger partial charge is 0.208 e. The Bertz CT molecular complexity index is 2750. The fraction of sp³-hybridized carbons (Fsp3) is 0. The number of nitriles is 1. The summed E-state index contributed by atoms with van der Waals surface area (Å²) < 4.78 is 2.42. The second-order valence-electron chi connectivity index (χ2n) is 12.4. The number of benzene rings is 7. The molecule has 0 aliphatic heterocycles. The smallest absolute Gasteiger partial charge is 0.164 e. The molecular weight excluding hydrogens is 641 g/mol. The topological polar surface area (TPSA) is 62.5 Å². The van der Waals surface area contributed by atoms with Crippen molar-refractivity contribution in [1.29, 1.82) is 5.26 Å².